The van der Waals surface area contributed by atoms with Crippen LogP contribution in [0.2, 0.25) is 0 Å². The summed E-state index contributed by atoms with van der Waals surface area (Å²) in [5.41, 5.74) is 0.0639. The lowest BCUT2D eigenvalue weighted by molar-refractivity contribution is 0.104. The number of ether oxygens (including phenoxy) is 1. The second-order valence-electron chi connectivity index (χ2n) is 3.00. The first-order valence-corrected chi connectivity index (χ1v) is 4.92. The molecule has 0 aliphatic carbocycles. The number of benzene rings is 1. The van der Waals surface area contributed by atoms with Crippen molar-refractivity contribution in [2.75, 3.05) is 13.3 Å². The van der Waals surface area contributed by atoms with Gasteiger partial charge in [-0.05, 0) is 31.2 Å². The quantitative estimate of drug-likeness (QED) is 0.617. The Morgan fingerprint density at radius 2 is 2.31 bits per heavy atom. The Morgan fingerprint density at radius 3 is 2.94 bits per heavy atom. The summed E-state index contributed by atoms with van der Waals surface area (Å²) in [4.78, 5) is 11.6. The van der Waals surface area contributed by atoms with Gasteiger partial charge in [0.15, 0.2) is 5.78 Å². The van der Waals surface area contributed by atoms with Crippen LogP contribution in [0.5, 0.6) is 11.5 Å². The van der Waals surface area contributed by atoms with Crippen LogP contribution < -0.4 is 4.74 Å². The summed E-state index contributed by atoms with van der Waals surface area (Å²) in [7, 11) is 0. The molecular formula is C12H13FO3. The molecule has 0 spiro atoms. The molecule has 0 aliphatic rings. The van der Waals surface area contributed by atoms with Crippen molar-refractivity contribution in [3.63, 3.8) is 0 Å². The first kappa shape index (κ1) is 12.2. The first-order valence-electron chi connectivity index (χ1n) is 4.92. The Bertz CT molecular complexity index is 399. The van der Waals surface area contributed by atoms with Gasteiger partial charge in [-0.1, -0.05) is 6.07 Å². The number of alkyl halides is 1. The lowest BCUT2D eigenvalue weighted by Gasteiger charge is -2.08. The fraction of sp³-hybridized carbons (Fsp3) is 0.250. The van der Waals surface area contributed by atoms with Gasteiger partial charge in [-0.3, -0.25) is 4.79 Å². The topological polar surface area (TPSA) is 46.5 Å². The fourth-order valence-corrected chi connectivity index (χ4v) is 1.28. The number of allylic oxidation sites excluding steroid dienone is 2. The van der Waals surface area contributed by atoms with E-state index in [9.17, 15) is 14.3 Å². The summed E-state index contributed by atoms with van der Waals surface area (Å²) in [5, 5.41) is 9.56. The fourth-order valence-electron chi connectivity index (χ4n) is 1.28. The minimum Gasteiger partial charge on any atom is -0.507 e. The van der Waals surface area contributed by atoms with E-state index < -0.39 is 12.5 Å². The van der Waals surface area contributed by atoms with E-state index in [1.165, 1.54) is 6.07 Å². The molecule has 3 nitrogen and oxygen atoms in total. The third-order valence-corrected chi connectivity index (χ3v) is 1.91. The number of ketones is 1. The van der Waals surface area contributed by atoms with Crippen molar-refractivity contribution in [1.29, 1.82) is 0 Å². The maximum absolute atomic E-state index is 11.9. The standard InChI is InChI=1S/C12H13FO3/c1-2-16-11-7-3-5-9(14)12(11)10(15)6-4-8-13/h3-7,14H,2,8H2,1H3/b6-4+. The smallest absolute Gasteiger partial charge is 0.193 e. The highest BCUT2D eigenvalue weighted by Gasteiger charge is 2.14. The summed E-state index contributed by atoms with van der Waals surface area (Å²) in [6.45, 7) is 1.44. The Hall–Kier alpha value is -1.84. The van der Waals surface area contributed by atoms with Crippen molar-refractivity contribution in [2.24, 2.45) is 0 Å². The van der Waals surface area contributed by atoms with Gasteiger partial charge in [0.25, 0.3) is 0 Å². The molecule has 4 heteroatoms. The molecular weight excluding hydrogens is 211 g/mol. The number of halogens is 1. The highest BCUT2D eigenvalue weighted by molar-refractivity contribution is 6.08. The number of phenols is 1. The summed E-state index contributed by atoms with van der Waals surface area (Å²) in [6.07, 6.45) is 2.17. The van der Waals surface area contributed by atoms with Crippen LogP contribution in [0.1, 0.15) is 17.3 Å². The van der Waals surface area contributed by atoms with Crippen LogP contribution in [0.3, 0.4) is 0 Å². The van der Waals surface area contributed by atoms with Crippen LogP contribution in [-0.4, -0.2) is 24.2 Å². The van der Waals surface area contributed by atoms with Crippen LogP contribution in [0, 0.1) is 0 Å². The largest absolute Gasteiger partial charge is 0.507 e. The molecule has 0 amide bonds. The molecule has 0 aromatic heterocycles. The molecule has 1 rings (SSSR count). The molecule has 0 radical (unpaired) electrons. The maximum atomic E-state index is 11.9. The van der Waals surface area contributed by atoms with E-state index in [2.05, 4.69) is 0 Å². The highest BCUT2D eigenvalue weighted by atomic mass is 19.1. The molecule has 16 heavy (non-hydrogen) atoms. The summed E-state index contributed by atoms with van der Waals surface area (Å²) < 4.78 is 17.1. The Balaban J connectivity index is 3.09. The van der Waals surface area contributed by atoms with Crippen molar-refractivity contribution in [1.82, 2.24) is 0 Å². The van der Waals surface area contributed by atoms with E-state index in [0.29, 0.717) is 12.4 Å². The normalized spacial score (nSPS) is 10.6. The Kier molecular flexibility index (Phi) is 4.51. The number of phenolic OH excluding ortho intramolecular Hbond substituents is 1. The lowest BCUT2D eigenvalue weighted by Crippen LogP contribution is -2.02. The van der Waals surface area contributed by atoms with E-state index >= 15 is 0 Å². The van der Waals surface area contributed by atoms with Gasteiger partial charge in [0, 0.05) is 0 Å². The SMILES string of the molecule is CCOc1cccc(O)c1C(=O)/C=C/CF. The number of hydrogen-bond donors (Lipinski definition) is 1. The van der Waals surface area contributed by atoms with E-state index in [0.717, 1.165) is 12.2 Å². The molecule has 0 bridgehead atoms. The zero-order chi connectivity index (χ0) is 12.0. The third kappa shape index (κ3) is 2.82. The van der Waals surface area contributed by atoms with E-state index in [1.807, 2.05) is 0 Å². The molecule has 1 aromatic rings. The van der Waals surface area contributed by atoms with Gasteiger partial charge in [0.2, 0.25) is 0 Å². The predicted molar refractivity (Wildman–Crippen MR) is 58.7 cm³/mol. The van der Waals surface area contributed by atoms with Crippen molar-refractivity contribution in [2.45, 2.75) is 6.92 Å². The number of carbonyl (C=O) groups is 1. The van der Waals surface area contributed by atoms with E-state index in [-0.39, 0.29) is 11.3 Å². The number of carbonyl (C=O) groups excluding carboxylic acids is 1. The predicted octanol–water partition coefficient (Wildman–Crippen LogP) is 2.50. The summed E-state index contributed by atoms with van der Waals surface area (Å²) >= 11 is 0. The van der Waals surface area contributed by atoms with Gasteiger partial charge in [0.1, 0.15) is 23.7 Å². The number of aromatic hydroxyl groups is 1. The van der Waals surface area contributed by atoms with Crippen LogP contribution in [0.15, 0.2) is 30.4 Å². The van der Waals surface area contributed by atoms with Crippen molar-refractivity contribution >= 4 is 5.78 Å². The van der Waals surface area contributed by atoms with Gasteiger partial charge in [-0.25, -0.2) is 4.39 Å². The molecule has 0 saturated carbocycles. The second-order valence-corrected chi connectivity index (χ2v) is 3.00. The van der Waals surface area contributed by atoms with Crippen LogP contribution in [0.4, 0.5) is 4.39 Å². The number of rotatable bonds is 5. The van der Waals surface area contributed by atoms with Crippen LogP contribution in [0.25, 0.3) is 0 Å². The average Bonchev–Trinajstić information content (AvgIpc) is 2.26. The zero-order valence-electron chi connectivity index (χ0n) is 8.94. The highest BCUT2D eigenvalue weighted by Crippen LogP contribution is 2.28. The van der Waals surface area contributed by atoms with Crippen molar-refractivity contribution in [3.8, 4) is 11.5 Å². The molecule has 0 unspecified atom stereocenters. The first-order chi connectivity index (χ1) is 7.70. The van der Waals surface area contributed by atoms with E-state index in [1.54, 1.807) is 19.1 Å². The van der Waals surface area contributed by atoms with Gasteiger partial charge in [0.05, 0.1) is 6.61 Å². The minimum absolute atomic E-state index is 0.0639. The van der Waals surface area contributed by atoms with Crippen molar-refractivity contribution in [3.05, 3.63) is 35.9 Å². The van der Waals surface area contributed by atoms with Gasteiger partial charge < -0.3 is 9.84 Å². The molecule has 0 fully saturated rings. The average molecular weight is 224 g/mol. The molecule has 1 N–H and O–H groups in total. The number of hydrogen-bond acceptors (Lipinski definition) is 3. The monoisotopic (exact) mass is 224 g/mol. The Morgan fingerprint density at radius 1 is 1.56 bits per heavy atom. The third-order valence-electron chi connectivity index (χ3n) is 1.91. The minimum atomic E-state index is -0.719. The summed E-state index contributed by atoms with van der Waals surface area (Å²) in [6, 6.07) is 4.55. The van der Waals surface area contributed by atoms with Gasteiger partial charge in [-0.15, -0.1) is 0 Å². The van der Waals surface area contributed by atoms with Gasteiger partial charge in [-0.2, -0.15) is 0 Å². The van der Waals surface area contributed by atoms with Gasteiger partial charge >= 0.3 is 0 Å². The van der Waals surface area contributed by atoms with Crippen LogP contribution >= 0.6 is 0 Å². The molecule has 86 valence electrons. The molecule has 0 heterocycles. The lowest BCUT2D eigenvalue weighted by atomic mass is 10.1. The Labute approximate surface area is 93.2 Å². The molecule has 1 aromatic carbocycles. The molecule has 0 saturated heterocycles. The second kappa shape index (κ2) is 5.90. The maximum Gasteiger partial charge on any atom is 0.193 e. The zero-order valence-corrected chi connectivity index (χ0v) is 8.94. The summed E-state index contributed by atoms with van der Waals surface area (Å²) in [5.74, 6) is -0.338. The molecule has 0 atom stereocenters. The van der Waals surface area contributed by atoms with Crippen molar-refractivity contribution < 1.29 is 19.0 Å². The van der Waals surface area contributed by atoms with E-state index in [4.69, 9.17) is 4.74 Å². The molecule has 0 aliphatic heterocycles. The van der Waals surface area contributed by atoms with Crippen LogP contribution in [-0.2, 0) is 0 Å².